The molecular weight excluding hydrogens is 338 g/mol. The summed E-state index contributed by atoms with van der Waals surface area (Å²) in [5.74, 6) is 0. The first-order chi connectivity index (χ1) is 13.2. The Hall–Kier alpha value is -3.05. The average Bonchev–Trinajstić information content (AvgIpc) is 3.13. The van der Waals surface area contributed by atoms with E-state index in [0.29, 0.717) is 6.54 Å². The van der Waals surface area contributed by atoms with Gasteiger partial charge in [-0.05, 0) is 24.0 Å². The Balaban J connectivity index is 1.68. The van der Waals surface area contributed by atoms with E-state index in [2.05, 4.69) is 58.4 Å². The first-order valence-corrected chi connectivity index (χ1v) is 9.17. The van der Waals surface area contributed by atoms with Crippen molar-refractivity contribution >= 4 is 5.69 Å². The lowest BCUT2D eigenvalue weighted by molar-refractivity contribution is -0.385. The molecule has 1 aliphatic rings. The molecular formula is C22H21N3O2. The number of aromatic nitrogens is 1. The third-order valence-corrected chi connectivity index (χ3v) is 5.24. The van der Waals surface area contributed by atoms with E-state index >= 15 is 0 Å². The van der Waals surface area contributed by atoms with E-state index in [1.807, 2.05) is 12.1 Å². The zero-order chi connectivity index (χ0) is 18.6. The van der Waals surface area contributed by atoms with Crippen molar-refractivity contribution < 1.29 is 4.92 Å². The number of rotatable bonds is 5. The van der Waals surface area contributed by atoms with Crippen molar-refractivity contribution in [1.82, 2.24) is 9.88 Å². The van der Waals surface area contributed by atoms with E-state index < -0.39 is 0 Å². The maximum absolute atomic E-state index is 11.1. The number of hydrogen-bond acceptors (Lipinski definition) is 4. The summed E-state index contributed by atoms with van der Waals surface area (Å²) in [6.07, 6.45) is 3.63. The monoisotopic (exact) mass is 359 g/mol. The van der Waals surface area contributed by atoms with Gasteiger partial charge in [-0.3, -0.25) is 20.0 Å². The second-order valence-corrected chi connectivity index (χ2v) is 6.87. The Labute approximate surface area is 158 Å². The molecule has 0 N–H and O–H groups in total. The Morgan fingerprint density at radius 3 is 2.00 bits per heavy atom. The van der Waals surface area contributed by atoms with Crippen molar-refractivity contribution in [2.24, 2.45) is 0 Å². The van der Waals surface area contributed by atoms with Crippen molar-refractivity contribution in [2.45, 2.75) is 31.5 Å². The predicted molar refractivity (Wildman–Crippen MR) is 104 cm³/mol. The molecule has 0 saturated carbocycles. The predicted octanol–water partition coefficient (Wildman–Crippen LogP) is 5.07. The van der Waals surface area contributed by atoms with E-state index in [-0.39, 0.29) is 22.7 Å². The molecule has 0 spiro atoms. The van der Waals surface area contributed by atoms with E-state index in [1.54, 1.807) is 6.07 Å². The number of nitro groups is 1. The normalized spacial score (nSPS) is 19.9. The van der Waals surface area contributed by atoms with Crippen LogP contribution in [0, 0.1) is 10.1 Å². The Morgan fingerprint density at radius 2 is 1.48 bits per heavy atom. The topological polar surface area (TPSA) is 59.3 Å². The highest BCUT2D eigenvalue weighted by atomic mass is 16.6. The van der Waals surface area contributed by atoms with Crippen LogP contribution in [0.15, 0.2) is 79.0 Å². The number of hydrogen-bond donors (Lipinski definition) is 0. The summed E-state index contributed by atoms with van der Waals surface area (Å²) in [6.45, 7) is 0.584. The molecule has 2 aromatic carbocycles. The molecule has 0 unspecified atom stereocenters. The molecule has 5 nitrogen and oxygen atoms in total. The molecule has 2 heterocycles. The molecule has 3 aromatic rings. The van der Waals surface area contributed by atoms with Crippen LogP contribution < -0.4 is 0 Å². The van der Waals surface area contributed by atoms with Crippen molar-refractivity contribution in [3.8, 4) is 0 Å². The highest BCUT2D eigenvalue weighted by Gasteiger charge is 2.35. The van der Waals surface area contributed by atoms with Gasteiger partial charge in [0.25, 0.3) is 5.69 Å². The quantitative estimate of drug-likeness (QED) is 0.471. The summed E-state index contributed by atoms with van der Waals surface area (Å²) in [5.41, 5.74) is 3.38. The lowest BCUT2D eigenvalue weighted by Gasteiger charge is -2.30. The van der Waals surface area contributed by atoms with Gasteiger partial charge in [0, 0.05) is 37.0 Å². The second-order valence-electron chi connectivity index (χ2n) is 6.87. The molecule has 0 amide bonds. The molecule has 5 heteroatoms. The number of pyridine rings is 1. The van der Waals surface area contributed by atoms with Crippen LogP contribution >= 0.6 is 0 Å². The van der Waals surface area contributed by atoms with Crippen LogP contribution in [-0.2, 0) is 6.54 Å². The summed E-state index contributed by atoms with van der Waals surface area (Å²) in [5, 5.41) is 11.1. The summed E-state index contributed by atoms with van der Waals surface area (Å²) in [6, 6.07) is 24.5. The minimum Gasteiger partial charge on any atom is -0.284 e. The van der Waals surface area contributed by atoms with Gasteiger partial charge in [-0.1, -0.05) is 60.7 Å². The third kappa shape index (κ3) is 3.73. The summed E-state index contributed by atoms with van der Waals surface area (Å²) in [4.78, 5) is 17.6. The number of likely N-dealkylation sites (tertiary alicyclic amines) is 1. The van der Waals surface area contributed by atoms with Crippen LogP contribution in [0.5, 0.6) is 0 Å². The fourth-order valence-corrected chi connectivity index (χ4v) is 4.00. The maximum Gasteiger partial charge on any atom is 0.272 e. The lowest BCUT2D eigenvalue weighted by Crippen LogP contribution is -2.26. The van der Waals surface area contributed by atoms with E-state index in [0.717, 1.165) is 18.5 Å². The van der Waals surface area contributed by atoms with Gasteiger partial charge in [-0.2, -0.15) is 0 Å². The molecule has 2 atom stereocenters. The fraction of sp³-hybridized carbons (Fsp3) is 0.227. The Bertz CT molecular complexity index is 868. The van der Waals surface area contributed by atoms with Crippen molar-refractivity contribution in [2.75, 3.05) is 0 Å². The minimum absolute atomic E-state index is 0.0896. The summed E-state index contributed by atoms with van der Waals surface area (Å²) < 4.78 is 0. The molecule has 1 saturated heterocycles. The van der Waals surface area contributed by atoms with E-state index in [9.17, 15) is 10.1 Å². The highest BCUT2D eigenvalue weighted by molar-refractivity contribution is 5.31. The van der Waals surface area contributed by atoms with Gasteiger partial charge in [0.05, 0.1) is 10.6 Å². The van der Waals surface area contributed by atoms with Gasteiger partial charge in [-0.25, -0.2) is 0 Å². The summed E-state index contributed by atoms with van der Waals surface area (Å²) in [7, 11) is 0. The van der Waals surface area contributed by atoms with Crippen molar-refractivity contribution in [3.63, 3.8) is 0 Å². The largest absolute Gasteiger partial charge is 0.284 e. The molecule has 1 fully saturated rings. The number of nitrogens with zero attached hydrogens (tertiary/aromatic N) is 3. The molecule has 1 aromatic heterocycles. The minimum atomic E-state index is -0.363. The van der Waals surface area contributed by atoms with E-state index in [4.69, 9.17) is 0 Å². The van der Waals surface area contributed by atoms with Gasteiger partial charge < -0.3 is 0 Å². The van der Waals surface area contributed by atoms with E-state index in [1.165, 1.54) is 23.4 Å². The van der Waals surface area contributed by atoms with Crippen LogP contribution in [0.3, 0.4) is 0 Å². The van der Waals surface area contributed by atoms with Gasteiger partial charge in [0.15, 0.2) is 0 Å². The molecule has 0 aliphatic carbocycles. The molecule has 0 bridgehead atoms. The van der Waals surface area contributed by atoms with Crippen molar-refractivity contribution in [3.05, 3.63) is 106 Å². The standard InChI is InChI=1S/C22H21N3O2/c26-25(27)20-13-14-23-19(15-20)16-24-21(17-7-3-1-4-8-17)11-12-22(24)18-9-5-2-6-10-18/h1-10,13-15,21-22H,11-12,16H2/t21-,22-/m1/s1. The highest BCUT2D eigenvalue weighted by Crippen LogP contribution is 2.44. The Kier molecular flexibility index (Phi) is 4.94. The molecule has 0 radical (unpaired) electrons. The zero-order valence-corrected chi connectivity index (χ0v) is 14.9. The van der Waals surface area contributed by atoms with Gasteiger partial charge in [-0.15, -0.1) is 0 Å². The lowest BCUT2D eigenvalue weighted by atomic mass is 10.0. The maximum atomic E-state index is 11.1. The van der Waals surface area contributed by atoms with Crippen LogP contribution in [0.1, 0.15) is 41.7 Å². The zero-order valence-electron chi connectivity index (χ0n) is 14.9. The van der Waals surface area contributed by atoms with Crippen LogP contribution in [-0.4, -0.2) is 14.8 Å². The van der Waals surface area contributed by atoms with Gasteiger partial charge >= 0.3 is 0 Å². The smallest absolute Gasteiger partial charge is 0.272 e. The van der Waals surface area contributed by atoms with Crippen LogP contribution in [0.2, 0.25) is 0 Å². The van der Waals surface area contributed by atoms with Crippen LogP contribution in [0.4, 0.5) is 5.69 Å². The first kappa shape index (κ1) is 17.4. The van der Waals surface area contributed by atoms with Gasteiger partial charge in [0.1, 0.15) is 0 Å². The molecule has 27 heavy (non-hydrogen) atoms. The summed E-state index contributed by atoms with van der Waals surface area (Å²) >= 11 is 0. The molecule has 4 rings (SSSR count). The Morgan fingerprint density at radius 1 is 0.926 bits per heavy atom. The molecule has 136 valence electrons. The first-order valence-electron chi connectivity index (χ1n) is 9.17. The van der Waals surface area contributed by atoms with Crippen molar-refractivity contribution in [1.29, 1.82) is 0 Å². The van der Waals surface area contributed by atoms with Crippen LogP contribution in [0.25, 0.3) is 0 Å². The molecule has 1 aliphatic heterocycles. The van der Waals surface area contributed by atoms with Gasteiger partial charge in [0.2, 0.25) is 0 Å². The average molecular weight is 359 g/mol. The fourth-order valence-electron chi connectivity index (χ4n) is 4.00. The SMILES string of the molecule is O=[N+]([O-])c1ccnc(CN2[C@@H](c3ccccc3)CC[C@@H]2c2ccccc2)c1. The number of benzene rings is 2. The second kappa shape index (κ2) is 7.68. The third-order valence-electron chi connectivity index (χ3n) is 5.24.